The van der Waals surface area contributed by atoms with Gasteiger partial charge < -0.3 is 19.2 Å². The van der Waals surface area contributed by atoms with E-state index in [2.05, 4.69) is 0 Å². The SMILES string of the molecule is O=C(OC1CCOC1)c1ccc2c(c1)B(O)OC2. The number of esters is 1. The molecule has 0 bridgehead atoms. The van der Waals surface area contributed by atoms with Gasteiger partial charge in [-0.3, -0.25) is 0 Å². The molecule has 1 fully saturated rings. The van der Waals surface area contributed by atoms with E-state index >= 15 is 0 Å². The molecule has 1 N–H and O–H groups in total. The molecule has 1 aromatic rings. The number of hydrogen-bond donors (Lipinski definition) is 1. The molecule has 1 unspecified atom stereocenters. The molecule has 6 heteroatoms. The molecule has 0 saturated carbocycles. The van der Waals surface area contributed by atoms with E-state index in [1.54, 1.807) is 18.2 Å². The Hall–Kier alpha value is -1.37. The molecular formula is C12H13BO5. The van der Waals surface area contributed by atoms with Gasteiger partial charge in [-0.15, -0.1) is 0 Å². The van der Waals surface area contributed by atoms with Gasteiger partial charge >= 0.3 is 13.1 Å². The Morgan fingerprint density at radius 1 is 1.50 bits per heavy atom. The van der Waals surface area contributed by atoms with Crippen molar-refractivity contribution in [1.29, 1.82) is 0 Å². The van der Waals surface area contributed by atoms with E-state index in [9.17, 15) is 9.82 Å². The number of carbonyl (C=O) groups excluding carboxylic acids is 1. The van der Waals surface area contributed by atoms with E-state index in [1.165, 1.54) is 0 Å². The first-order valence-corrected chi connectivity index (χ1v) is 5.95. The molecule has 0 amide bonds. The molecule has 0 aromatic heterocycles. The van der Waals surface area contributed by atoms with Crippen LogP contribution in [0, 0.1) is 0 Å². The van der Waals surface area contributed by atoms with Crippen LogP contribution in [0.2, 0.25) is 0 Å². The van der Waals surface area contributed by atoms with Crippen LogP contribution in [0.4, 0.5) is 0 Å². The number of ether oxygens (including phenoxy) is 2. The first kappa shape index (κ1) is 11.7. The molecule has 94 valence electrons. The summed E-state index contributed by atoms with van der Waals surface area (Å²) in [6.45, 7) is 1.47. The van der Waals surface area contributed by atoms with Crippen molar-refractivity contribution in [2.45, 2.75) is 19.1 Å². The van der Waals surface area contributed by atoms with Gasteiger partial charge in [-0.05, 0) is 23.2 Å². The number of carbonyl (C=O) groups is 1. The molecule has 0 aliphatic carbocycles. The summed E-state index contributed by atoms with van der Waals surface area (Å²) in [4.78, 5) is 11.9. The summed E-state index contributed by atoms with van der Waals surface area (Å²) in [7, 11) is -0.942. The molecule has 0 radical (unpaired) electrons. The summed E-state index contributed by atoms with van der Waals surface area (Å²) >= 11 is 0. The first-order valence-electron chi connectivity index (χ1n) is 5.95. The highest BCUT2D eigenvalue weighted by Crippen LogP contribution is 2.15. The third-order valence-electron chi connectivity index (χ3n) is 3.21. The molecule has 18 heavy (non-hydrogen) atoms. The molecule has 1 saturated heterocycles. The first-order chi connectivity index (χ1) is 8.74. The van der Waals surface area contributed by atoms with Crippen LogP contribution >= 0.6 is 0 Å². The predicted octanol–water partition coefficient (Wildman–Crippen LogP) is -0.150. The van der Waals surface area contributed by atoms with Crippen LogP contribution in [0.15, 0.2) is 18.2 Å². The van der Waals surface area contributed by atoms with Gasteiger partial charge in [0.1, 0.15) is 6.10 Å². The minimum absolute atomic E-state index is 0.160. The summed E-state index contributed by atoms with van der Waals surface area (Å²) in [5, 5.41) is 9.58. The normalized spacial score (nSPS) is 22.1. The highest BCUT2D eigenvalue weighted by Gasteiger charge is 2.29. The highest BCUT2D eigenvalue weighted by molar-refractivity contribution is 6.61. The van der Waals surface area contributed by atoms with E-state index in [4.69, 9.17) is 14.1 Å². The number of hydrogen-bond acceptors (Lipinski definition) is 5. The van der Waals surface area contributed by atoms with Crippen molar-refractivity contribution in [1.82, 2.24) is 0 Å². The minimum atomic E-state index is -0.942. The fourth-order valence-electron chi connectivity index (χ4n) is 2.17. The maximum Gasteiger partial charge on any atom is 0.491 e. The molecular weight excluding hydrogens is 235 g/mol. The Kier molecular flexibility index (Phi) is 3.07. The Morgan fingerprint density at radius 2 is 2.39 bits per heavy atom. The van der Waals surface area contributed by atoms with Gasteiger partial charge in [0.05, 0.1) is 25.4 Å². The lowest BCUT2D eigenvalue weighted by Gasteiger charge is -2.10. The highest BCUT2D eigenvalue weighted by atomic mass is 16.6. The van der Waals surface area contributed by atoms with Crippen LogP contribution in [0.5, 0.6) is 0 Å². The molecule has 2 aliphatic heterocycles. The summed E-state index contributed by atoms with van der Waals surface area (Å²) < 4.78 is 15.5. The zero-order chi connectivity index (χ0) is 12.5. The van der Waals surface area contributed by atoms with Crippen LogP contribution in [0.25, 0.3) is 0 Å². The second-order valence-corrected chi connectivity index (χ2v) is 4.47. The van der Waals surface area contributed by atoms with Crippen LogP contribution in [0.1, 0.15) is 22.3 Å². The summed E-state index contributed by atoms with van der Waals surface area (Å²) in [5.41, 5.74) is 1.99. The fourth-order valence-corrected chi connectivity index (χ4v) is 2.17. The second kappa shape index (κ2) is 4.72. The zero-order valence-corrected chi connectivity index (χ0v) is 9.80. The molecule has 1 atom stereocenters. The third kappa shape index (κ3) is 2.14. The van der Waals surface area contributed by atoms with Gasteiger partial charge in [-0.2, -0.15) is 0 Å². The average molecular weight is 248 g/mol. The van der Waals surface area contributed by atoms with Crippen molar-refractivity contribution in [3.05, 3.63) is 29.3 Å². The standard InChI is InChI=1S/C12H13BO5/c14-12(18-10-3-4-16-7-10)8-1-2-9-6-17-13(15)11(9)5-8/h1-2,5,10,15H,3-4,6-7H2. The molecule has 3 rings (SSSR count). The van der Waals surface area contributed by atoms with Gasteiger partial charge in [-0.1, -0.05) is 6.07 Å². The topological polar surface area (TPSA) is 65.0 Å². The minimum Gasteiger partial charge on any atom is -0.456 e. The third-order valence-corrected chi connectivity index (χ3v) is 3.21. The van der Waals surface area contributed by atoms with Crippen LogP contribution in [-0.4, -0.2) is 37.4 Å². The van der Waals surface area contributed by atoms with E-state index in [-0.39, 0.29) is 12.1 Å². The van der Waals surface area contributed by atoms with E-state index in [1.807, 2.05) is 0 Å². The zero-order valence-electron chi connectivity index (χ0n) is 9.80. The van der Waals surface area contributed by atoms with Crippen molar-refractivity contribution in [3.63, 3.8) is 0 Å². The van der Waals surface area contributed by atoms with Crippen molar-refractivity contribution >= 4 is 18.6 Å². The summed E-state index contributed by atoms with van der Waals surface area (Å²) in [6, 6.07) is 5.11. The van der Waals surface area contributed by atoms with Gasteiger partial charge in [0.25, 0.3) is 0 Å². The summed E-state index contributed by atoms with van der Waals surface area (Å²) in [5.74, 6) is -0.382. The van der Waals surface area contributed by atoms with Gasteiger partial charge in [-0.25, -0.2) is 4.79 Å². The molecule has 2 heterocycles. The monoisotopic (exact) mass is 248 g/mol. The van der Waals surface area contributed by atoms with Gasteiger partial charge in [0.15, 0.2) is 0 Å². The number of benzene rings is 1. The molecule has 0 spiro atoms. The van der Waals surface area contributed by atoms with Crippen molar-refractivity contribution in [2.24, 2.45) is 0 Å². The van der Waals surface area contributed by atoms with E-state index in [0.717, 1.165) is 12.0 Å². The molecule has 1 aromatic carbocycles. The predicted molar refractivity (Wildman–Crippen MR) is 63.5 cm³/mol. The lowest BCUT2D eigenvalue weighted by Crippen LogP contribution is -2.29. The van der Waals surface area contributed by atoms with Gasteiger partial charge in [0.2, 0.25) is 0 Å². The van der Waals surface area contributed by atoms with Gasteiger partial charge in [0, 0.05) is 6.42 Å². The van der Waals surface area contributed by atoms with Crippen LogP contribution in [-0.2, 0) is 20.7 Å². The van der Waals surface area contributed by atoms with Crippen molar-refractivity contribution in [2.75, 3.05) is 13.2 Å². The van der Waals surface area contributed by atoms with Crippen LogP contribution < -0.4 is 5.46 Å². The quantitative estimate of drug-likeness (QED) is 0.582. The van der Waals surface area contributed by atoms with Crippen LogP contribution in [0.3, 0.4) is 0 Å². The largest absolute Gasteiger partial charge is 0.491 e. The molecule has 5 nitrogen and oxygen atoms in total. The Bertz CT molecular complexity index is 470. The van der Waals surface area contributed by atoms with E-state index in [0.29, 0.717) is 30.8 Å². The lowest BCUT2D eigenvalue weighted by atomic mass is 9.79. The Balaban J connectivity index is 1.75. The average Bonchev–Trinajstić information content (AvgIpc) is 3.00. The molecule has 2 aliphatic rings. The Morgan fingerprint density at radius 3 is 3.17 bits per heavy atom. The second-order valence-electron chi connectivity index (χ2n) is 4.47. The van der Waals surface area contributed by atoms with Crippen molar-refractivity contribution in [3.8, 4) is 0 Å². The maximum atomic E-state index is 11.9. The number of fused-ring (bicyclic) bond motifs is 1. The fraction of sp³-hybridized carbons (Fsp3) is 0.417. The summed E-state index contributed by atoms with van der Waals surface area (Å²) in [6.07, 6.45) is 0.578. The maximum absolute atomic E-state index is 11.9. The smallest absolute Gasteiger partial charge is 0.456 e. The lowest BCUT2D eigenvalue weighted by molar-refractivity contribution is 0.0271. The van der Waals surface area contributed by atoms with Crippen molar-refractivity contribution < 1.29 is 23.9 Å². The van der Waals surface area contributed by atoms with E-state index < -0.39 is 7.12 Å². The number of rotatable bonds is 2. The Labute approximate surface area is 105 Å².